The van der Waals surface area contributed by atoms with E-state index in [2.05, 4.69) is 46.2 Å². The second-order valence-corrected chi connectivity index (χ2v) is 22.4. The van der Waals surface area contributed by atoms with Crippen LogP contribution in [-0.4, -0.2) is 91.7 Å². The number of hydrogen-bond donors (Lipinski definition) is 7. The van der Waals surface area contributed by atoms with Crippen molar-refractivity contribution < 1.29 is 48.6 Å². The molecule has 6 saturated carbocycles. The molecular formula is C57H88F2N2O8. The largest absolute Gasteiger partial charge is 0.497 e. The molecule has 0 unspecified atom stereocenters. The van der Waals surface area contributed by atoms with Crippen LogP contribution >= 0.6 is 0 Å². The molecule has 0 spiro atoms. The van der Waals surface area contributed by atoms with E-state index in [1.165, 1.54) is 61.8 Å². The topological polar surface area (TPSA) is 175 Å². The molecule has 0 saturated heterocycles. The summed E-state index contributed by atoms with van der Waals surface area (Å²) in [5.74, 6) is 3.71. The first-order valence-corrected chi connectivity index (χ1v) is 25.8. The van der Waals surface area contributed by atoms with Crippen LogP contribution in [0.15, 0.2) is 60.7 Å². The zero-order valence-electron chi connectivity index (χ0n) is 43.0. The molecule has 0 aliphatic heterocycles. The highest BCUT2D eigenvalue weighted by Gasteiger charge is 2.58. The number of benzene rings is 2. The summed E-state index contributed by atoms with van der Waals surface area (Å²) in [5, 5.41) is 51.1. The van der Waals surface area contributed by atoms with Crippen LogP contribution in [0.4, 0.5) is 8.78 Å². The molecule has 388 valence electrons. The van der Waals surface area contributed by atoms with E-state index in [0.717, 1.165) is 84.4 Å². The first-order chi connectivity index (χ1) is 32.9. The van der Waals surface area contributed by atoms with Crippen molar-refractivity contribution in [3.8, 4) is 11.5 Å². The van der Waals surface area contributed by atoms with Crippen LogP contribution in [0.1, 0.15) is 134 Å². The van der Waals surface area contributed by atoms with Crippen molar-refractivity contribution in [2.24, 2.45) is 74.7 Å². The van der Waals surface area contributed by atoms with E-state index < -0.39 is 5.82 Å². The van der Waals surface area contributed by atoms with Gasteiger partial charge in [0.15, 0.2) is 6.29 Å². The van der Waals surface area contributed by atoms with Crippen LogP contribution in [0.3, 0.4) is 0 Å². The van der Waals surface area contributed by atoms with Crippen molar-refractivity contribution in [3.63, 3.8) is 0 Å². The van der Waals surface area contributed by atoms with E-state index in [4.69, 9.17) is 20.3 Å². The highest BCUT2D eigenvalue weighted by molar-refractivity contribution is 5.75. The van der Waals surface area contributed by atoms with Gasteiger partial charge >= 0.3 is 0 Å². The lowest BCUT2D eigenvalue weighted by Gasteiger charge is -2.56. The third-order valence-electron chi connectivity index (χ3n) is 19.5. The van der Waals surface area contributed by atoms with E-state index in [0.29, 0.717) is 71.8 Å². The number of ether oxygens (including phenoxy) is 2. The maximum Gasteiger partial charge on any atom is 0.152 e. The summed E-state index contributed by atoms with van der Waals surface area (Å²) in [7, 11) is 3.99. The summed E-state index contributed by atoms with van der Waals surface area (Å²) >= 11 is 0. The van der Waals surface area contributed by atoms with E-state index in [9.17, 15) is 34.0 Å². The van der Waals surface area contributed by atoms with Gasteiger partial charge in [0.25, 0.3) is 0 Å². The first-order valence-electron chi connectivity index (χ1n) is 25.8. The van der Waals surface area contributed by atoms with Crippen LogP contribution in [0, 0.1) is 80.6 Å². The smallest absolute Gasteiger partial charge is 0.152 e. The molecule has 8 rings (SSSR count). The number of fused-ring (bicyclic) bond motifs is 2. The third-order valence-corrected chi connectivity index (χ3v) is 19.5. The number of nitrogens with one attached hydrogen (secondary N) is 1. The molecule has 0 radical (unpaired) electrons. The molecule has 6 aliphatic rings. The first kappa shape index (κ1) is 56.7. The van der Waals surface area contributed by atoms with Gasteiger partial charge in [-0.15, -0.1) is 0 Å². The average Bonchev–Trinajstić information content (AvgIpc) is 3.84. The van der Waals surface area contributed by atoms with Crippen molar-refractivity contribution in [2.75, 3.05) is 47.6 Å². The molecular weight excluding hydrogens is 879 g/mol. The monoisotopic (exact) mass is 967 g/mol. The van der Waals surface area contributed by atoms with Crippen molar-refractivity contribution in [2.45, 2.75) is 136 Å². The van der Waals surface area contributed by atoms with Gasteiger partial charge in [-0.3, -0.25) is 4.79 Å². The number of aliphatic hydroxyl groups excluding tert-OH is 5. The summed E-state index contributed by atoms with van der Waals surface area (Å²) in [4.78, 5) is 10.1. The average molecular weight is 967 g/mol. The molecule has 6 aliphatic carbocycles. The number of aliphatic hydroxyl groups is 5. The Bertz CT molecular complexity index is 2020. The molecule has 2 aromatic rings. The van der Waals surface area contributed by atoms with Gasteiger partial charge in [0.05, 0.1) is 32.0 Å². The molecule has 8 N–H and O–H groups in total. The quantitative estimate of drug-likeness (QED) is 0.0802. The zero-order valence-corrected chi connectivity index (χ0v) is 43.0. The minimum absolute atomic E-state index is 0.0109. The Hall–Kier alpha value is -3.23. The van der Waals surface area contributed by atoms with Gasteiger partial charge in [-0.25, -0.2) is 8.78 Å². The molecule has 0 amide bonds. The van der Waals surface area contributed by atoms with Crippen LogP contribution in [0.25, 0.3) is 0 Å². The van der Waals surface area contributed by atoms with Crippen molar-refractivity contribution in [1.82, 2.24) is 5.32 Å². The Labute approximate surface area is 412 Å². The van der Waals surface area contributed by atoms with E-state index in [-0.39, 0.29) is 70.3 Å². The molecule has 14 atom stereocenters. The highest BCUT2D eigenvalue weighted by atomic mass is 19.1. The fourth-order valence-corrected chi connectivity index (χ4v) is 14.9. The maximum absolute atomic E-state index is 14.5. The second kappa shape index (κ2) is 24.5. The zero-order chi connectivity index (χ0) is 50.9. The standard InChI is InChI=1S/C28H42FNO3.C20H35NO2.C8H7FO2.CH4O/c1-18-5-8-24-23(16-30-15-19-6-7-22(33-4)14-26(19)29)25(10-12-27(18,24)2)28(3)11-9-21(32)13-20(28)17-31;1-13-4-5-17-16(11-21)18(7-9-19(13,17)2)20(3)8-6-15(23)10-14(20)12-22;1-11-7-3-2-6(5-10)8(9)4-7;1-2/h6-7,14,20-21,23-25,30-32H,1,5,8-13,15-17H2,2-4H3;14-18,22-23H,1,4-12,21H2,2-3H3;2-5H,1H3;2H,1H3/t20-,21+,23+,24+,25+,27-,28+;14-,15+,16+,17+,18+,19-,20+;;/m11../s1. The number of carbonyl (C=O) groups is 1. The summed E-state index contributed by atoms with van der Waals surface area (Å²) in [6.07, 6.45) is 14.4. The van der Waals surface area contributed by atoms with E-state index >= 15 is 0 Å². The highest BCUT2D eigenvalue weighted by Crippen LogP contribution is 2.65. The number of methoxy groups -OCH3 is 2. The lowest BCUT2D eigenvalue weighted by atomic mass is 9.49. The Balaban J connectivity index is 0.000000213. The van der Waals surface area contributed by atoms with Crippen molar-refractivity contribution in [1.29, 1.82) is 0 Å². The third kappa shape index (κ3) is 11.8. The lowest BCUT2D eigenvalue weighted by molar-refractivity contribution is -0.0933. The minimum atomic E-state index is -0.556. The molecule has 2 aromatic carbocycles. The molecule has 69 heavy (non-hydrogen) atoms. The van der Waals surface area contributed by atoms with Crippen LogP contribution < -0.4 is 20.5 Å². The van der Waals surface area contributed by atoms with Crippen LogP contribution in [-0.2, 0) is 6.54 Å². The van der Waals surface area contributed by atoms with Gasteiger partial charge in [0, 0.05) is 44.6 Å². The lowest BCUT2D eigenvalue weighted by Crippen LogP contribution is -2.53. The molecule has 0 heterocycles. The number of halogens is 2. The number of carbonyl (C=O) groups excluding carboxylic acids is 1. The number of rotatable bonds is 12. The van der Waals surface area contributed by atoms with Gasteiger partial charge in [-0.1, -0.05) is 58.1 Å². The van der Waals surface area contributed by atoms with Crippen LogP contribution in [0.5, 0.6) is 11.5 Å². The van der Waals surface area contributed by atoms with Gasteiger partial charge in [-0.2, -0.15) is 0 Å². The Morgan fingerprint density at radius 2 is 1.16 bits per heavy atom. The Morgan fingerprint density at radius 3 is 1.59 bits per heavy atom. The Morgan fingerprint density at radius 1 is 0.696 bits per heavy atom. The summed E-state index contributed by atoms with van der Waals surface area (Å²) in [6.45, 7) is 20.7. The Kier molecular flexibility index (Phi) is 20.1. The summed E-state index contributed by atoms with van der Waals surface area (Å²) in [6, 6.07) is 9.13. The summed E-state index contributed by atoms with van der Waals surface area (Å²) < 4.78 is 37.1. The molecule has 0 aromatic heterocycles. The minimum Gasteiger partial charge on any atom is -0.497 e. The van der Waals surface area contributed by atoms with E-state index in [1.54, 1.807) is 13.2 Å². The van der Waals surface area contributed by atoms with Crippen molar-refractivity contribution in [3.05, 3.63) is 83.5 Å². The maximum atomic E-state index is 14.5. The predicted octanol–water partition coefficient (Wildman–Crippen LogP) is 9.44. The number of nitrogens with two attached hydrogens (primary N) is 1. The second-order valence-electron chi connectivity index (χ2n) is 22.4. The SMILES string of the molecule is C=C1CC[C@H]2[C@H](CN)[C@@H]([C@@]3(C)CC[C@H](O)C[C@@H]3CO)CC[C@]12C.C=C1CC[C@H]2[C@H](CNCc3ccc(OC)cc3F)[C@@H]([C@@]3(C)CC[C@H](O)C[C@@H]3CO)CC[C@]12C.CO.COc1ccc(C=O)c(F)c1. The number of allylic oxidation sites excluding steroid dienone is 2. The molecule has 10 nitrogen and oxygen atoms in total. The number of aldehydes is 1. The van der Waals surface area contributed by atoms with Gasteiger partial charge in [-0.05, 0) is 190 Å². The van der Waals surface area contributed by atoms with Gasteiger partial charge < -0.3 is 46.1 Å². The predicted molar refractivity (Wildman–Crippen MR) is 270 cm³/mol. The molecule has 6 fully saturated rings. The van der Waals surface area contributed by atoms with E-state index in [1.807, 2.05) is 6.07 Å². The summed E-state index contributed by atoms with van der Waals surface area (Å²) in [5.41, 5.74) is 10.4. The van der Waals surface area contributed by atoms with Crippen LogP contribution in [0.2, 0.25) is 0 Å². The number of hydrogen-bond acceptors (Lipinski definition) is 10. The fraction of sp³-hybridized carbons (Fsp3) is 0.702. The fourth-order valence-electron chi connectivity index (χ4n) is 14.9. The van der Waals surface area contributed by atoms with Gasteiger partial charge in [0.2, 0.25) is 0 Å². The molecule has 12 heteroatoms. The van der Waals surface area contributed by atoms with Gasteiger partial charge in [0.1, 0.15) is 23.1 Å². The normalized spacial score (nSPS) is 37.1. The molecule has 0 bridgehead atoms. The van der Waals surface area contributed by atoms with Crippen molar-refractivity contribution >= 4 is 6.29 Å².